The van der Waals surface area contributed by atoms with Gasteiger partial charge in [-0.3, -0.25) is 4.99 Å². The maximum Gasteiger partial charge on any atom is 0.387 e. The Morgan fingerprint density at radius 1 is 1.10 bits per heavy atom. The number of aliphatic imine (C=N–C) groups is 1. The average molecular weight is 412 g/mol. The van der Waals surface area contributed by atoms with E-state index < -0.39 is 6.61 Å². The Balaban J connectivity index is 1.79. The number of nitrogens with zero attached hydrogens (tertiary/aromatic N) is 3. The molecule has 0 radical (unpaired) electrons. The number of nitrogens with two attached hydrogens (primary N) is 1. The van der Waals surface area contributed by atoms with Gasteiger partial charge in [-0.05, 0) is 49.7 Å². The van der Waals surface area contributed by atoms with Crippen molar-refractivity contribution in [2.75, 3.05) is 16.4 Å². The molecular formula is C21H22F2N6O. The van der Waals surface area contributed by atoms with Gasteiger partial charge in [0.25, 0.3) is 0 Å². The maximum absolute atomic E-state index is 12.3. The lowest BCUT2D eigenvalue weighted by molar-refractivity contribution is -0.0498. The number of alkyl halides is 2. The molecule has 0 spiro atoms. The molecule has 156 valence electrons. The first kappa shape index (κ1) is 21.0. The number of hydrogen-bond donors (Lipinski definition) is 3. The molecule has 0 saturated heterocycles. The zero-order valence-electron chi connectivity index (χ0n) is 16.6. The van der Waals surface area contributed by atoms with Crippen molar-refractivity contribution in [2.45, 2.75) is 26.9 Å². The Hall–Kier alpha value is -3.75. The predicted molar refractivity (Wildman–Crippen MR) is 116 cm³/mol. The fraction of sp³-hybridized carbons (Fsp3) is 0.190. The fourth-order valence-corrected chi connectivity index (χ4v) is 2.54. The number of hydrogen-bond acceptors (Lipinski definition) is 7. The summed E-state index contributed by atoms with van der Waals surface area (Å²) in [6.45, 7) is 1.14. The Morgan fingerprint density at radius 3 is 2.53 bits per heavy atom. The molecule has 0 saturated carbocycles. The molecular weight excluding hydrogens is 390 g/mol. The van der Waals surface area contributed by atoms with Crippen molar-refractivity contribution in [3.8, 4) is 5.75 Å². The summed E-state index contributed by atoms with van der Waals surface area (Å²) < 4.78 is 28.9. The molecule has 0 unspecified atom stereocenters. The molecule has 30 heavy (non-hydrogen) atoms. The molecule has 0 aliphatic carbocycles. The molecule has 1 heterocycles. The number of halogens is 2. The average Bonchev–Trinajstić information content (AvgIpc) is 2.70. The zero-order valence-corrected chi connectivity index (χ0v) is 16.6. The maximum atomic E-state index is 12.3. The molecule has 7 nitrogen and oxygen atoms in total. The Labute approximate surface area is 173 Å². The van der Waals surface area contributed by atoms with Crippen LogP contribution in [0.5, 0.6) is 5.75 Å². The van der Waals surface area contributed by atoms with E-state index in [-0.39, 0.29) is 11.6 Å². The van der Waals surface area contributed by atoms with Crippen LogP contribution in [0.3, 0.4) is 0 Å². The summed E-state index contributed by atoms with van der Waals surface area (Å²) in [5, 5.41) is 6.21. The predicted octanol–water partition coefficient (Wildman–Crippen LogP) is 5.65. The Bertz CT molecular complexity index is 1020. The van der Waals surface area contributed by atoms with E-state index in [1.165, 1.54) is 12.1 Å². The first-order valence-electron chi connectivity index (χ1n) is 9.29. The number of anilines is 5. The van der Waals surface area contributed by atoms with Crippen molar-refractivity contribution in [3.05, 3.63) is 54.6 Å². The topological polar surface area (TPSA) is 97.5 Å². The van der Waals surface area contributed by atoms with Gasteiger partial charge < -0.3 is 21.1 Å². The van der Waals surface area contributed by atoms with Crippen LogP contribution in [0.4, 0.5) is 43.4 Å². The van der Waals surface area contributed by atoms with Crippen LogP contribution in [0.25, 0.3) is 0 Å². The van der Waals surface area contributed by atoms with Crippen LogP contribution in [-0.2, 0) is 0 Å². The molecule has 0 aliphatic heterocycles. The molecule has 2 aromatic carbocycles. The van der Waals surface area contributed by atoms with Gasteiger partial charge >= 0.3 is 6.61 Å². The van der Waals surface area contributed by atoms with E-state index in [1.807, 2.05) is 38.1 Å². The number of benzene rings is 2. The van der Waals surface area contributed by atoms with Gasteiger partial charge in [0.05, 0.1) is 11.4 Å². The first-order chi connectivity index (χ1) is 14.4. The van der Waals surface area contributed by atoms with E-state index in [1.54, 1.807) is 18.2 Å². The van der Waals surface area contributed by atoms with E-state index in [0.29, 0.717) is 17.5 Å². The second kappa shape index (κ2) is 9.64. The largest absolute Gasteiger partial charge is 0.435 e. The molecule has 0 fully saturated rings. The molecule has 9 heteroatoms. The number of ether oxygens (including phenoxy) is 1. The van der Waals surface area contributed by atoms with Gasteiger partial charge in [0.15, 0.2) is 0 Å². The molecule has 0 aliphatic rings. The van der Waals surface area contributed by atoms with E-state index >= 15 is 0 Å². The summed E-state index contributed by atoms with van der Waals surface area (Å²) in [6.07, 6.45) is 0.846. The van der Waals surface area contributed by atoms with E-state index in [0.717, 1.165) is 23.5 Å². The van der Waals surface area contributed by atoms with Crippen LogP contribution in [0.15, 0.2) is 59.6 Å². The number of para-hydroxylation sites is 2. The zero-order chi connectivity index (χ0) is 21.5. The van der Waals surface area contributed by atoms with Crippen LogP contribution >= 0.6 is 0 Å². The van der Waals surface area contributed by atoms with E-state index in [4.69, 9.17) is 5.73 Å². The van der Waals surface area contributed by atoms with Crippen LogP contribution in [-0.4, -0.2) is 22.3 Å². The monoisotopic (exact) mass is 412 g/mol. The van der Waals surface area contributed by atoms with Gasteiger partial charge in [0.1, 0.15) is 17.4 Å². The van der Waals surface area contributed by atoms with Gasteiger partial charge in [0.2, 0.25) is 5.95 Å². The minimum absolute atomic E-state index is 0.0691. The third-order valence-corrected chi connectivity index (χ3v) is 4.07. The second-order valence-corrected chi connectivity index (χ2v) is 6.37. The van der Waals surface area contributed by atoms with Crippen LogP contribution in [0.2, 0.25) is 0 Å². The smallest absolute Gasteiger partial charge is 0.387 e. The van der Waals surface area contributed by atoms with Crippen molar-refractivity contribution in [3.63, 3.8) is 0 Å². The van der Waals surface area contributed by atoms with Crippen molar-refractivity contribution in [1.29, 1.82) is 0 Å². The SMILES string of the molecule is CC/C(C)=N/c1ccccc1Nc1nc(N)cc(Nc2ccc(OC(F)F)cc2)n1. The van der Waals surface area contributed by atoms with Crippen molar-refractivity contribution in [1.82, 2.24) is 9.97 Å². The summed E-state index contributed by atoms with van der Waals surface area (Å²) in [5.41, 5.74) is 9.07. The first-order valence-corrected chi connectivity index (χ1v) is 9.29. The molecule has 0 amide bonds. The highest BCUT2D eigenvalue weighted by molar-refractivity contribution is 5.86. The molecule has 1 aromatic heterocycles. The minimum atomic E-state index is -2.87. The van der Waals surface area contributed by atoms with E-state index in [2.05, 4.69) is 30.3 Å². The van der Waals surface area contributed by atoms with Gasteiger partial charge in [-0.2, -0.15) is 18.7 Å². The quantitative estimate of drug-likeness (QED) is 0.414. The lowest BCUT2D eigenvalue weighted by Crippen LogP contribution is -2.04. The second-order valence-electron chi connectivity index (χ2n) is 6.37. The molecule has 0 atom stereocenters. The summed E-state index contributed by atoms with van der Waals surface area (Å²) in [4.78, 5) is 13.2. The van der Waals surface area contributed by atoms with Gasteiger partial charge in [-0.15, -0.1) is 0 Å². The Morgan fingerprint density at radius 2 is 1.83 bits per heavy atom. The number of rotatable bonds is 8. The lowest BCUT2D eigenvalue weighted by atomic mass is 10.2. The standard InChI is InChI=1S/C21H22F2N6O/c1-3-13(2)25-16-6-4-5-7-17(16)27-21-28-18(24)12-19(29-21)26-14-8-10-15(11-9-14)30-20(22)23/h4-12,20H,3H2,1-2H3,(H4,24,26,27,28,29)/b25-13+. The van der Waals surface area contributed by atoms with E-state index in [9.17, 15) is 8.78 Å². The van der Waals surface area contributed by atoms with Crippen molar-refractivity contribution >= 4 is 40.4 Å². The summed E-state index contributed by atoms with van der Waals surface area (Å²) in [6, 6.07) is 15.2. The fourth-order valence-electron chi connectivity index (χ4n) is 2.54. The summed E-state index contributed by atoms with van der Waals surface area (Å²) in [7, 11) is 0. The highest BCUT2D eigenvalue weighted by atomic mass is 19.3. The van der Waals surface area contributed by atoms with Gasteiger partial charge in [-0.1, -0.05) is 19.1 Å². The molecule has 3 rings (SSSR count). The van der Waals surface area contributed by atoms with Crippen molar-refractivity contribution in [2.24, 2.45) is 4.99 Å². The molecule has 3 aromatic rings. The third-order valence-electron chi connectivity index (χ3n) is 4.07. The van der Waals surface area contributed by atoms with Crippen LogP contribution in [0, 0.1) is 0 Å². The number of aromatic nitrogens is 2. The third kappa shape index (κ3) is 5.87. The van der Waals surface area contributed by atoms with Gasteiger partial charge in [0, 0.05) is 17.5 Å². The van der Waals surface area contributed by atoms with Crippen molar-refractivity contribution < 1.29 is 13.5 Å². The number of nitrogen functional groups attached to an aromatic ring is 1. The molecule has 4 N–H and O–H groups in total. The lowest BCUT2D eigenvalue weighted by Gasteiger charge is -2.12. The summed E-state index contributed by atoms with van der Waals surface area (Å²) >= 11 is 0. The van der Waals surface area contributed by atoms with Gasteiger partial charge in [-0.25, -0.2) is 0 Å². The minimum Gasteiger partial charge on any atom is -0.435 e. The highest BCUT2D eigenvalue weighted by Crippen LogP contribution is 2.28. The van der Waals surface area contributed by atoms with Crippen LogP contribution in [0.1, 0.15) is 20.3 Å². The molecule has 0 bridgehead atoms. The summed E-state index contributed by atoms with van der Waals surface area (Å²) in [5.74, 6) is 1.07. The Kier molecular flexibility index (Phi) is 6.74. The highest BCUT2D eigenvalue weighted by Gasteiger charge is 2.08. The number of nitrogens with one attached hydrogen (secondary N) is 2. The normalized spacial score (nSPS) is 11.4. The van der Waals surface area contributed by atoms with Crippen LogP contribution < -0.4 is 21.1 Å².